The number of nitrogens with one attached hydrogen (secondary N) is 1. The molecule has 94 valence electrons. The van der Waals surface area contributed by atoms with Crippen LogP contribution in [0.15, 0.2) is 6.20 Å². The first-order chi connectivity index (χ1) is 7.97. The van der Waals surface area contributed by atoms with Gasteiger partial charge in [-0.15, -0.1) is 5.10 Å². The van der Waals surface area contributed by atoms with Crippen molar-refractivity contribution in [2.24, 2.45) is 0 Å². The lowest BCUT2D eigenvalue weighted by Gasteiger charge is -2.27. The van der Waals surface area contributed by atoms with Crippen molar-refractivity contribution in [3.05, 3.63) is 11.1 Å². The SMILES string of the molecule is COCC(C)(CC(=O)O)NC(=O)c1cnns1. The third-order valence-corrected chi connectivity index (χ3v) is 2.67. The Balaban J connectivity index is 2.72. The summed E-state index contributed by atoms with van der Waals surface area (Å²) in [5.74, 6) is -1.41. The highest BCUT2D eigenvalue weighted by molar-refractivity contribution is 7.07. The Morgan fingerprint density at radius 2 is 2.35 bits per heavy atom. The highest BCUT2D eigenvalue weighted by atomic mass is 32.1. The summed E-state index contributed by atoms with van der Waals surface area (Å²) in [6.45, 7) is 1.72. The molecule has 0 bridgehead atoms. The molecule has 1 rings (SSSR count). The maximum Gasteiger partial charge on any atom is 0.305 e. The molecule has 1 amide bonds. The summed E-state index contributed by atoms with van der Waals surface area (Å²) in [4.78, 5) is 22.8. The number of aliphatic carboxylic acids is 1. The van der Waals surface area contributed by atoms with Crippen LogP contribution in [-0.2, 0) is 9.53 Å². The topological polar surface area (TPSA) is 101 Å². The van der Waals surface area contributed by atoms with Crippen molar-refractivity contribution in [3.8, 4) is 0 Å². The number of carboxylic acids is 1. The molecule has 1 aromatic heterocycles. The molecule has 0 aliphatic carbocycles. The van der Waals surface area contributed by atoms with Gasteiger partial charge in [0.05, 0.1) is 24.8 Å². The van der Waals surface area contributed by atoms with E-state index >= 15 is 0 Å². The Hall–Kier alpha value is -1.54. The average molecular weight is 259 g/mol. The Kier molecular flexibility index (Phi) is 4.53. The number of amides is 1. The van der Waals surface area contributed by atoms with Gasteiger partial charge < -0.3 is 15.2 Å². The van der Waals surface area contributed by atoms with Gasteiger partial charge in [-0.1, -0.05) is 4.49 Å². The van der Waals surface area contributed by atoms with Crippen LogP contribution in [-0.4, -0.2) is 45.8 Å². The Morgan fingerprint density at radius 3 is 2.82 bits per heavy atom. The maximum atomic E-state index is 11.7. The minimum absolute atomic E-state index is 0.108. The fraction of sp³-hybridized carbons (Fsp3) is 0.556. The van der Waals surface area contributed by atoms with Gasteiger partial charge >= 0.3 is 5.97 Å². The molecule has 2 N–H and O–H groups in total. The van der Waals surface area contributed by atoms with Gasteiger partial charge in [0, 0.05) is 7.11 Å². The third kappa shape index (κ3) is 4.08. The van der Waals surface area contributed by atoms with E-state index in [2.05, 4.69) is 14.9 Å². The molecule has 0 radical (unpaired) electrons. The van der Waals surface area contributed by atoms with Crippen molar-refractivity contribution < 1.29 is 19.4 Å². The van der Waals surface area contributed by atoms with E-state index in [-0.39, 0.29) is 13.0 Å². The summed E-state index contributed by atoms with van der Waals surface area (Å²) < 4.78 is 8.48. The van der Waals surface area contributed by atoms with Crippen LogP contribution in [0.4, 0.5) is 0 Å². The van der Waals surface area contributed by atoms with Gasteiger partial charge in [-0.25, -0.2) is 0 Å². The van der Waals surface area contributed by atoms with Crippen LogP contribution in [0, 0.1) is 0 Å². The molecule has 0 aliphatic rings. The van der Waals surface area contributed by atoms with Gasteiger partial charge in [0.15, 0.2) is 0 Å². The van der Waals surface area contributed by atoms with Gasteiger partial charge in [-0.2, -0.15) is 0 Å². The number of aromatic nitrogens is 2. The minimum atomic E-state index is -1.01. The van der Waals surface area contributed by atoms with Gasteiger partial charge in [0.1, 0.15) is 4.88 Å². The second-order valence-corrected chi connectivity index (χ2v) is 4.59. The zero-order valence-corrected chi connectivity index (χ0v) is 10.3. The van der Waals surface area contributed by atoms with Crippen molar-refractivity contribution >= 4 is 23.4 Å². The van der Waals surface area contributed by atoms with E-state index in [0.29, 0.717) is 4.88 Å². The summed E-state index contributed by atoms with van der Waals surface area (Å²) in [7, 11) is 1.44. The van der Waals surface area contributed by atoms with Crippen molar-refractivity contribution in [1.29, 1.82) is 0 Å². The van der Waals surface area contributed by atoms with E-state index < -0.39 is 17.4 Å². The summed E-state index contributed by atoms with van der Waals surface area (Å²) in [6, 6.07) is 0. The number of hydrogen-bond acceptors (Lipinski definition) is 6. The molecule has 0 aliphatic heterocycles. The molecule has 1 atom stereocenters. The highest BCUT2D eigenvalue weighted by Crippen LogP contribution is 2.12. The van der Waals surface area contributed by atoms with Crippen LogP contribution < -0.4 is 5.32 Å². The van der Waals surface area contributed by atoms with Crippen molar-refractivity contribution in [2.45, 2.75) is 18.9 Å². The summed E-state index contributed by atoms with van der Waals surface area (Å²) in [6.07, 6.45) is 1.10. The molecule has 0 saturated heterocycles. The molecule has 8 heteroatoms. The molecule has 1 unspecified atom stereocenters. The summed E-state index contributed by atoms with van der Waals surface area (Å²) >= 11 is 0.947. The van der Waals surface area contributed by atoms with Gasteiger partial charge in [-0.05, 0) is 18.5 Å². The average Bonchev–Trinajstić information content (AvgIpc) is 2.68. The second-order valence-electron chi connectivity index (χ2n) is 3.80. The third-order valence-electron chi connectivity index (χ3n) is 2.00. The number of nitrogens with zero attached hydrogens (tertiary/aromatic N) is 2. The number of carbonyl (C=O) groups is 2. The Labute approximate surface area is 102 Å². The van der Waals surface area contributed by atoms with E-state index in [4.69, 9.17) is 9.84 Å². The Morgan fingerprint density at radius 1 is 1.65 bits per heavy atom. The zero-order valence-electron chi connectivity index (χ0n) is 9.47. The lowest BCUT2D eigenvalue weighted by molar-refractivity contribution is -0.139. The quantitative estimate of drug-likeness (QED) is 0.754. The molecule has 0 aromatic carbocycles. The number of hydrogen-bond donors (Lipinski definition) is 2. The first-order valence-electron chi connectivity index (χ1n) is 4.77. The van der Waals surface area contributed by atoms with Crippen LogP contribution in [0.1, 0.15) is 23.0 Å². The van der Waals surface area contributed by atoms with E-state index in [1.165, 1.54) is 13.3 Å². The number of ether oxygens (including phenoxy) is 1. The van der Waals surface area contributed by atoms with E-state index in [1.807, 2.05) is 0 Å². The standard InChI is InChI=1S/C9H13N3O4S/c1-9(5-16-2,3-7(13)14)11-8(15)6-4-10-12-17-6/h4H,3,5H2,1-2H3,(H,11,15)(H,13,14). The van der Waals surface area contributed by atoms with Gasteiger partial charge in [0.25, 0.3) is 5.91 Å². The van der Waals surface area contributed by atoms with Crippen molar-refractivity contribution in [3.63, 3.8) is 0 Å². The molecule has 0 fully saturated rings. The normalized spacial score (nSPS) is 14.0. The molecule has 1 heterocycles. The summed E-state index contributed by atoms with van der Waals surface area (Å²) in [5, 5.41) is 14.9. The molecule has 0 saturated carbocycles. The van der Waals surface area contributed by atoms with Crippen LogP contribution >= 0.6 is 11.5 Å². The van der Waals surface area contributed by atoms with Crippen LogP contribution in [0.3, 0.4) is 0 Å². The van der Waals surface area contributed by atoms with Gasteiger partial charge in [0.2, 0.25) is 0 Å². The Bertz CT molecular complexity index is 395. The highest BCUT2D eigenvalue weighted by Gasteiger charge is 2.30. The largest absolute Gasteiger partial charge is 0.481 e. The van der Waals surface area contributed by atoms with Crippen molar-refractivity contribution in [2.75, 3.05) is 13.7 Å². The lowest BCUT2D eigenvalue weighted by atomic mass is 9.99. The first-order valence-corrected chi connectivity index (χ1v) is 5.55. The van der Waals surface area contributed by atoms with Crippen LogP contribution in [0.2, 0.25) is 0 Å². The van der Waals surface area contributed by atoms with E-state index in [1.54, 1.807) is 6.92 Å². The number of methoxy groups -OCH3 is 1. The smallest absolute Gasteiger partial charge is 0.305 e. The molecule has 0 spiro atoms. The zero-order chi connectivity index (χ0) is 12.9. The van der Waals surface area contributed by atoms with Gasteiger partial charge in [-0.3, -0.25) is 9.59 Å². The number of carboxylic acid groups (broad SMARTS) is 1. The summed E-state index contributed by atoms with van der Waals surface area (Å²) in [5.41, 5.74) is -0.957. The number of rotatable bonds is 6. The molecule has 7 nitrogen and oxygen atoms in total. The second kappa shape index (κ2) is 5.69. The number of carbonyl (C=O) groups excluding carboxylic acids is 1. The molecule has 1 aromatic rings. The molecular formula is C9H13N3O4S. The van der Waals surface area contributed by atoms with Crippen LogP contribution in [0.25, 0.3) is 0 Å². The van der Waals surface area contributed by atoms with Crippen molar-refractivity contribution in [1.82, 2.24) is 14.9 Å². The minimum Gasteiger partial charge on any atom is -0.481 e. The fourth-order valence-electron chi connectivity index (χ4n) is 1.39. The molecule has 17 heavy (non-hydrogen) atoms. The fourth-order valence-corrected chi connectivity index (χ4v) is 1.80. The predicted octanol–water partition coefficient (Wildman–Crippen LogP) is 0.148. The molecular weight excluding hydrogens is 246 g/mol. The maximum absolute atomic E-state index is 11.7. The van der Waals surface area contributed by atoms with E-state index in [0.717, 1.165) is 11.5 Å². The first kappa shape index (κ1) is 13.5. The van der Waals surface area contributed by atoms with Crippen LogP contribution in [0.5, 0.6) is 0 Å². The lowest BCUT2D eigenvalue weighted by Crippen LogP contribution is -2.50. The monoisotopic (exact) mass is 259 g/mol. The predicted molar refractivity (Wildman–Crippen MR) is 59.9 cm³/mol. The van der Waals surface area contributed by atoms with E-state index in [9.17, 15) is 9.59 Å².